The second-order valence-corrected chi connectivity index (χ2v) is 7.23. The minimum atomic E-state index is 0.255. The fourth-order valence-electron chi connectivity index (χ4n) is 2.43. The Hall–Kier alpha value is -0.520. The summed E-state index contributed by atoms with van der Waals surface area (Å²) in [6, 6.07) is 0. The van der Waals surface area contributed by atoms with Crippen LogP contribution in [-0.2, 0) is 0 Å². The minimum absolute atomic E-state index is 0.255. The molecule has 0 bridgehead atoms. The van der Waals surface area contributed by atoms with Gasteiger partial charge in [0.15, 0.2) is 0 Å². The second kappa shape index (κ2) is 4.39. The van der Waals surface area contributed by atoms with Crippen LogP contribution >= 0.6 is 0 Å². The lowest BCUT2D eigenvalue weighted by Crippen LogP contribution is -2.23. The number of allylic oxidation sites excluding steroid dienone is 3. The zero-order valence-corrected chi connectivity index (χ0v) is 12.0. The highest BCUT2D eigenvalue weighted by atomic mass is 14.3. The van der Waals surface area contributed by atoms with Crippen molar-refractivity contribution in [1.82, 2.24) is 0 Å². The van der Waals surface area contributed by atoms with Crippen LogP contribution in [0.15, 0.2) is 23.8 Å². The van der Waals surface area contributed by atoms with E-state index >= 15 is 0 Å². The molecule has 92 valence electrons. The van der Waals surface area contributed by atoms with Gasteiger partial charge in [-0.3, -0.25) is 0 Å². The summed E-state index contributed by atoms with van der Waals surface area (Å²) in [6.07, 6.45) is 6.19. The van der Waals surface area contributed by atoms with Crippen molar-refractivity contribution in [2.75, 3.05) is 0 Å². The molecule has 0 saturated carbocycles. The molecular formula is C16H28. The molecular weight excluding hydrogens is 192 g/mol. The summed E-state index contributed by atoms with van der Waals surface area (Å²) in [6.45, 7) is 18.1. The van der Waals surface area contributed by atoms with Crippen LogP contribution in [0.2, 0.25) is 0 Å². The largest absolute Gasteiger partial charge is 0.0990 e. The van der Waals surface area contributed by atoms with Gasteiger partial charge in [-0.25, -0.2) is 0 Å². The molecule has 0 nitrogen and oxygen atoms in total. The van der Waals surface area contributed by atoms with Gasteiger partial charge < -0.3 is 0 Å². The summed E-state index contributed by atoms with van der Waals surface area (Å²) < 4.78 is 0. The van der Waals surface area contributed by atoms with Crippen molar-refractivity contribution >= 4 is 0 Å². The average molecular weight is 220 g/mol. The summed E-state index contributed by atoms with van der Waals surface area (Å²) in [7, 11) is 0. The molecule has 1 rings (SSSR count). The molecule has 0 radical (unpaired) electrons. The summed E-state index contributed by atoms with van der Waals surface area (Å²) >= 11 is 0. The Morgan fingerprint density at radius 3 is 2.19 bits per heavy atom. The van der Waals surface area contributed by atoms with E-state index in [1.807, 2.05) is 0 Å². The quantitative estimate of drug-likeness (QED) is 0.522. The molecule has 1 unspecified atom stereocenters. The molecule has 0 heterocycles. The maximum atomic E-state index is 4.34. The predicted molar refractivity (Wildman–Crippen MR) is 73.5 cm³/mol. The molecule has 1 aliphatic carbocycles. The number of hydrogen-bond acceptors (Lipinski definition) is 0. The van der Waals surface area contributed by atoms with Crippen molar-refractivity contribution in [3.05, 3.63) is 23.8 Å². The van der Waals surface area contributed by atoms with Crippen molar-refractivity contribution in [3.8, 4) is 0 Å². The molecule has 0 N–H and O–H groups in total. The van der Waals surface area contributed by atoms with Gasteiger partial charge in [-0.05, 0) is 36.0 Å². The topological polar surface area (TPSA) is 0 Å². The molecule has 0 aromatic heterocycles. The van der Waals surface area contributed by atoms with Crippen molar-refractivity contribution in [3.63, 3.8) is 0 Å². The van der Waals surface area contributed by atoms with E-state index in [0.717, 1.165) is 0 Å². The third-order valence-corrected chi connectivity index (χ3v) is 3.79. The highest BCUT2D eigenvalue weighted by Crippen LogP contribution is 2.42. The molecule has 0 spiro atoms. The second-order valence-electron chi connectivity index (χ2n) is 7.23. The lowest BCUT2D eigenvalue weighted by atomic mass is 9.70. The first-order valence-corrected chi connectivity index (χ1v) is 6.51. The van der Waals surface area contributed by atoms with Crippen LogP contribution in [-0.4, -0.2) is 0 Å². The van der Waals surface area contributed by atoms with Crippen LogP contribution < -0.4 is 0 Å². The minimum Gasteiger partial charge on any atom is -0.0990 e. The maximum absolute atomic E-state index is 4.34. The third kappa shape index (κ3) is 3.23. The van der Waals surface area contributed by atoms with Crippen LogP contribution in [0.5, 0.6) is 0 Å². The van der Waals surface area contributed by atoms with E-state index in [1.165, 1.54) is 24.8 Å². The molecule has 1 aliphatic rings. The van der Waals surface area contributed by atoms with E-state index in [4.69, 9.17) is 0 Å². The molecule has 1 atom stereocenters. The van der Waals surface area contributed by atoms with E-state index in [9.17, 15) is 0 Å². The van der Waals surface area contributed by atoms with Gasteiger partial charge in [0.1, 0.15) is 0 Å². The van der Waals surface area contributed by atoms with Crippen LogP contribution in [0, 0.1) is 16.7 Å². The first-order valence-electron chi connectivity index (χ1n) is 6.51. The Balaban J connectivity index is 2.77. The Morgan fingerprint density at radius 1 is 1.19 bits per heavy atom. The highest BCUT2D eigenvalue weighted by Gasteiger charge is 2.29. The van der Waals surface area contributed by atoms with Crippen LogP contribution in [0.3, 0.4) is 0 Å². The smallest absolute Gasteiger partial charge is 0.0160 e. The van der Waals surface area contributed by atoms with Gasteiger partial charge in [0.05, 0.1) is 0 Å². The maximum Gasteiger partial charge on any atom is -0.0160 e. The summed E-state index contributed by atoms with van der Waals surface area (Å²) in [5.41, 5.74) is 3.64. The fourth-order valence-corrected chi connectivity index (χ4v) is 2.43. The van der Waals surface area contributed by atoms with Gasteiger partial charge in [0.25, 0.3) is 0 Å². The van der Waals surface area contributed by atoms with E-state index in [2.05, 4.69) is 54.2 Å². The van der Waals surface area contributed by atoms with Crippen LogP contribution in [0.1, 0.15) is 60.8 Å². The number of rotatable bonds is 1. The average Bonchev–Trinajstić information content (AvgIpc) is 2.14. The third-order valence-electron chi connectivity index (χ3n) is 3.79. The molecule has 0 heteroatoms. The summed E-state index contributed by atoms with van der Waals surface area (Å²) in [5.74, 6) is 0.694. The molecule has 0 aromatic carbocycles. The lowest BCUT2D eigenvalue weighted by molar-refractivity contribution is 0.365. The Kier molecular flexibility index (Phi) is 3.72. The molecule has 0 aromatic rings. The standard InChI is InChI=1S/C16H28/c1-12(15(2,3)4)13-9-8-10-14(11-13)16(5,6)7/h10,13H,1,8-9,11H2,2-7H3. The summed E-state index contributed by atoms with van der Waals surface area (Å²) in [4.78, 5) is 0. The fraction of sp³-hybridized carbons (Fsp3) is 0.750. The normalized spacial score (nSPS) is 22.9. The van der Waals surface area contributed by atoms with Gasteiger partial charge in [0, 0.05) is 0 Å². The van der Waals surface area contributed by atoms with Crippen LogP contribution in [0.4, 0.5) is 0 Å². The predicted octanol–water partition coefficient (Wildman–Crippen LogP) is 5.36. The van der Waals surface area contributed by atoms with Crippen molar-refractivity contribution < 1.29 is 0 Å². The highest BCUT2D eigenvalue weighted by molar-refractivity contribution is 5.21. The van der Waals surface area contributed by atoms with Crippen molar-refractivity contribution in [1.29, 1.82) is 0 Å². The zero-order valence-electron chi connectivity index (χ0n) is 12.0. The molecule has 16 heavy (non-hydrogen) atoms. The van der Waals surface area contributed by atoms with Gasteiger partial charge in [-0.2, -0.15) is 0 Å². The van der Waals surface area contributed by atoms with Gasteiger partial charge >= 0.3 is 0 Å². The van der Waals surface area contributed by atoms with Gasteiger partial charge in [-0.1, -0.05) is 65.3 Å². The van der Waals surface area contributed by atoms with Crippen molar-refractivity contribution in [2.24, 2.45) is 16.7 Å². The Bertz CT molecular complexity index is 291. The molecule has 0 saturated heterocycles. The van der Waals surface area contributed by atoms with Gasteiger partial charge in [0.2, 0.25) is 0 Å². The molecule has 0 aliphatic heterocycles. The Labute approximate surface area is 102 Å². The van der Waals surface area contributed by atoms with E-state index < -0.39 is 0 Å². The monoisotopic (exact) mass is 220 g/mol. The first kappa shape index (κ1) is 13.5. The van der Waals surface area contributed by atoms with E-state index in [1.54, 1.807) is 5.57 Å². The Morgan fingerprint density at radius 2 is 1.75 bits per heavy atom. The van der Waals surface area contributed by atoms with Crippen molar-refractivity contribution in [2.45, 2.75) is 60.8 Å². The van der Waals surface area contributed by atoms with Gasteiger partial charge in [-0.15, -0.1) is 0 Å². The SMILES string of the molecule is C=C(C1CCC=C(C(C)(C)C)C1)C(C)(C)C. The number of hydrogen-bond donors (Lipinski definition) is 0. The lowest BCUT2D eigenvalue weighted by Gasteiger charge is -2.36. The van der Waals surface area contributed by atoms with Crippen LogP contribution in [0.25, 0.3) is 0 Å². The molecule has 0 amide bonds. The van der Waals surface area contributed by atoms with E-state index in [-0.39, 0.29) is 5.41 Å². The zero-order chi connectivity index (χ0) is 12.6. The first-order chi connectivity index (χ1) is 7.12. The van der Waals surface area contributed by atoms with E-state index in [0.29, 0.717) is 11.3 Å². The summed E-state index contributed by atoms with van der Waals surface area (Å²) in [5, 5.41) is 0. The molecule has 0 fully saturated rings.